The van der Waals surface area contributed by atoms with Crippen LogP contribution in [0.4, 0.5) is 10.1 Å². The first-order chi connectivity index (χ1) is 15.9. The predicted octanol–water partition coefficient (Wildman–Crippen LogP) is 4.80. The maximum Gasteiger partial charge on any atom is 0.227 e. The maximum absolute atomic E-state index is 13.1. The third kappa shape index (κ3) is 5.97. The van der Waals surface area contributed by atoms with Crippen LogP contribution in [0.2, 0.25) is 0 Å². The van der Waals surface area contributed by atoms with Crippen molar-refractivity contribution >= 4 is 21.6 Å². The van der Waals surface area contributed by atoms with Crippen molar-refractivity contribution in [2.24, 2.45) is 5.92 Å². The topological polar surface area (TPSA) is 75.7 Å². The normalized spacial score (nSPS) is 15.2. The molecule has 1 aliphatic heterocycles. The predicted molar refractivity (Wildman–Crippen MR) is 125 cm³/mol. The number of nitrogens with zero attached hydrogens (tertiary/aromatic N) is 1. The van der Waals surface area contributed by atoms with Crippen LogP contribution < -0.4 is 10.1 Å². The first-order valence-corrected chi connectivity index (χ1v) is 12.4. The first-order valence-electron chi connectivity index (χ1n) is 10.8. The van der Waals surface area contributed by atoms with Crippen LogP contribution in [0, 0.1) is 11.7 Å². The van der Waals surface area contributed by atoms with Gasteiger partial charge in [-0.3, -0.25) is 4.79 Å². The van der Waals surface area contributed by atoms with E-state index in [2.05, 4.69) is 5.32 Å². The molecule has 6 nitrogen and oxygen atoms in total. The highest BCUT2D eigenvalue weighted by molar-refractivity contribution is 7.88. The van der Waals surface area contributed by atoms with E-state index >= 15 is 0 Å². The van der Waals surface area contributed by atoms with Gasteiger partial charge in [0.1, 0.15) is 11.6 Å². The number of rotatable bonds is 7. The molecule has 8 heteroatoms. The maximum atomic E-state index is 13.1. The van der Waals surface area contributed by atoms with Crippen molar-refractivity contribution in [1.29, 1.82) is 0 Å². The number of hydrogen-bond donors (Lipinski definition) is 1. The zero-order valence-electron chi connectivity index (χ0n) is 18.0. The lowest BCUT2D eigenvalue weighted by Crippen LogP contribution is -2.41. The number of amides is 1. The summed E-state index contributed by atoms with van der Waals surface area (Å²) in [5.74, 6) is 0.157. The minimum Gasteiger partial charge on any atom is -0.455 e. The summed E-state index contributed by atoms with van der Waals surface area (Å²) in [5.41, 5.74) is 1.10. The van der Waals surface area contributed by atoms with E-state index in [-0.39, 0.29) is 30.7 Å². The van der Waals surface area contributed by atoms with Crippen molar-refractivity contribution in [2.45, 2.75) is 18.6 Å². The molecule has 3 aromatic carbocycles. The van der Waals surface area contributed by atoms with E-state index in [9.17, 15) is 17.6 Å². The number of carbonyl (C=O) groups excluding carboxylic acids is 1. The van der Waals surface area contributed by atoms with Crippen LogP contribution in [0.25, 0.3) is 0 Å². The molecule has 0 radical (unpaired) electrons. The van der Waals surface area contributed by atoms with Crippen LogP contribution >= 0.6 is 0 Å². The van der Waals surface area contributed by atoms with Crippen LogP contribution in [0.3, 0.4) is 0 Å². The standard InChI is InChI=1S/C25H25FN2O4S/c26-21-12-10-19(11-13-21)18-33(30,31)28-16-14-20(15-17-28)25(29)27-23-8-4-5-9-24(23)32-22-6-2-1-3-7-22/h1-13,20H,14-18H2,(H,27,29). The molecule has 0 bridgehead atoms. The molecular weight excluding hydrogens is 443 g/mol. The van der Waals surface area contributed by atoms with E-state index in [4.69, 9.17) is 4.74 Å². The molecule has 1 aliphatic rings. The summed E-state index contributed by atoms with van der Waals surface area (Å²) < 4.78 is 45.9. The zero-order valence-corrected chi connectivity index (χ0v) is 18.8. The molecule has 1 saturated heterocycles. The summed E-state index contributed by atoms with van der Waals surface area (Å²) >= 11 is 0. The van der Waals surface area contributed by atoms with Crippen LogP contribution in [0.15, 0.2) is 78.9 Å². The van der Waals surface area contributed by atoms with Crippen molar-refractivity contribution in [3.63, 3.8) is 0 Å². The van der Waals surface area contributed by atoms with E-state index in [1.807, 2.05) is 42.5 Å². The number of piperidine rings is 1. The molecule has 33 heavy (non-hydrogen) atoms. The number of anilines is 1. The van der Waals surface area contributed by atoms with Gasteiger partial charge < -0.3 is 10.1 Å². The van der Waals surface area contributed by atoms with Crippen LogP contribution in [0.5, 0.6) is 11.5 Å². The fourth-order valence-corrected chi connectivity index (χ4v) is 5.35. The molecule has 3 aromatic rings. The summed E-state index contributed by atoms with van der Waals surface area (Å²) in [6, 6.07) is 22.0. The lowest BCUT2D eigenvalue weighted by molar-refractivity contribution is -0.120. The highest BCUT2D eigenvalue weighted by atomic mass is 32.2. The molecule has 4 rings (SSSR count). The highest BCUT2D eigenvalue weighted by Gasteiger charge is 2.31. The van der Waals surface area contributed by atoms with Gasteiger partial charge in [-0.25, -0.2) is 17.1 Å². The van der Waals surface area contributed by atoms with E-state index in [1.165, 1.54) is 28.6 Å². The van der Waals surface area contributed by atoms with Gasteiger partial charge in [0.2, 0.25) is 15.9 Å². The van der Waals surface area contributed by atoms with Gasteiger partial charge in [-0.15, -0.1) is 0 Å². The number of halogens is 1. The number of ether oxygens (including phenoxy) is 1. The Morgan fingerprint density at radius 3 is 2.27 bits per heavy atom. The Labute approximate surface area is 193 Å². The van der Waals surface area contributed by atoms with E-state index in [1.54, 1.807) is 12.1 Å². The van der Waals surface area contributed by atoms with Gasteiger partial charge in [0.05, 0.1) is 11.4 Å². The molecule has 0 spiro atoms. The lowest BCUT2D eigenvalue weighted by Gasteiger charge is -2.30. The van der Waals surface area contributed by atoms with Gasteiger partial charge in [0, 0.05) is 19.0 Å². The van der Waals surface area contributed by atoms with E-state index < -0.39 is 15.8 Å². The van der Waals surface area contributed by atoms with Crippen molar-refractivity contribution < 1.29 is 22.3 Å². The van der Waals surface area contributed by atoms with Crippen molar-refractivity contribution in [3.05, 3.63) is 90.2 Å². The second-order valence-corrected chi connectivity index (χ2v) is 9.93. The van der Waals surface area contributed by atoms with Crippen LogP contribution in [0.1, 0.15) is 18.4 Å². The number of sulfonamides is 1. The van der Waals surface area contributed by atoms with Gasteiger partial charge in [-0.2, -0.15) is 0 Å². The molecule has 1 N–H and O–H groups in total. The molecule has 1 fully saturated rings. The van der Waals surface area contributed by atoms with Crippen LogP contribution in [-0.2, 0) is 20.6 Å². The molecule has 172 valence electrons. The Kier molecular flexibility index (Phi) is 7.05. The quantitative estimate of drug-likeness (QED) is 0.541. The average Bonchev–Trinajstić information content (AvgIpc) is 2.82. The molecule has 0 unspecified atom stereocenters. The lowest BCUT2D eigenvalue weighted by atomic mass is 9.97. The van der Waals surface area contributed by atoms with Gasteiger partial charge in [-0.1, -0.05) is 42.5 Å². The highest BCUT2D eigenvalue weighted by Crippen LogP contribution is 2.30. The fourth-order valence-electron chi connectivity index (χ4n) is 3.79. The number of para-hydroxylation sites is 3. The Bertz CT molecular complexity index is 1190. The Balaban J connectivity index is 1.35. The Hall–Kier alpha value is -3.23. The van der Waals surface area contributed by atoms with Crippen molar-refractivity contribution in [2.75, 3.05) is 18.4 Å². The summed E-state index contributed by atoms with van der Waals surface area (Å²) in [6.07, 6.45) is 0.854. The molecular formula is C25H25FN2O4S. The Morgan fingerprint density at radius 2 is 1.58 bits per heavy atom. The number of benzene rings is 3. The molecule has 0 aliphatic carbocycles. The summed E-state index contributed by atoms with van der Waals surface area (Å²) in [4.78, 5) is 12.9. The first kappa shape index (κ1) is 22.9. The fraction of sp³-hybridized carbons (Fsp3) is 0.240. The van der Waals surface area contributed by atoms with Gasteiger partial charge in [0.25, 0.3) is 0 Å². The van der Waals surface area contributed by atoms with Crippen LogP contribution in [-0.4, -0.2) is 31.7 Å². The van der Waals surface area contributed by atoms with Crippen molar-refractivity contribution in [1.82, 2.24) is 4.31 Å². The monoisotopic (exact) mass is 468 g/mol. The molecule has 1 amide bonds. The third-order valence-corrected chi connectivity index (χ3v) is 7.45. The van der Waals surface area contributed by atoms with Gasteiger partial charge in [-0.05, 0) is 54.8 Å². The zero-order chi connectivity index (χ0) is 23.3. The molecule has 1 heterocycles. The second kappa shape index (κ2) is 10.1. The molecule has 0 atom stereocenters. The third-order valence-electron chi connectivity index (χ3n) is 5.60. The second-order valence-electron chi connectivity index (χ2n) is 7.96. The van der Waals surface area contributed by atoms with E-state index in [0.29, 0.717) is 35.6 Å². The summed E-state index contributed by atoms with van der Waals surface area (Å²) in [7, 11) is -3.54. The summed E-state index contributed by atoms with van der Waals surface area (Å²) in [6.45, 7) is 0.535. The van der Waals surface area contributed by atoms with Gasteiger partial charge in [0.15, 0.2) is 5.75 Å². The number of hydrogen-bond acceptors (Lipinski definition) is 4. The Morgan fingerprint density at radius 1 is 0.939 bits per heavy atom. The minimum absolute atomic E-state index is 0.158. The van der Waals surface area contributed by atoms with E-state index in [0.717, 1.165) is 0 Å². The number of nitrogens with one attached hydrogen (secondary N) is 1. The van der Waals surface area contributed by atoms with Crippen molar-refractivity contribution in [3.8, 4) is 11.5 Å². The summed E-state index contributed by atoms with van der Waals surface area (Å²) in [5, 5.41) is 2.93. The smallest absolute Gasteiger partial charge is 0.227 e. The molecule has 0 saturated carbocycles. The van der Waals surface area contributed by atoms with Gasteiger partial charge >= 0.3 is 0 Å². The SMILES string of the molecule is O=C(Nc1ccccc1Oc1ccccc1)C1CCN(S(=O)(=O)Cc2ccc(F)cc2)CC1. The average molecular weight is 469 g/mol. The number of carbonyl (C=O) groups is 1. The largest absolute Gasteiger partial charge is 0.455 e. The minimum atomic E-state index is -3.54. The molecule has 0 aromatic heterocycles.